The topological polar surface area (TPSA) is 101 Å². The van der Waals surface area contributed by atoms with Gasteiger partial charge in [-0.25, -0.2) is 0 Å². The van der Waals surface area contributed by atoms with Crippen molar-refractivity contribution in [3.05, 3.63) is 119 Å². The van der Waals surface area contributed by atoms with Crippen LogP contribution < -0.4 is 5.32 Å². The molecule has 34 heavy (non-hydrogen) atoms. The maximum Gasteiger partial charge on any atom is 0.274 e. The number of pyridine rings is 2. The van der Waals surface area contributed by atoms with E-state index in [0.717, 1.165) is 22.3 Å². The van der Waals surface area contributed by atoms with E-state index in [2.05, 4.69) is 25.5 Å². The second-order valence-corrected chi connectivity index (χ2v) is 7.54. The molecule has 1 amide bonds. The van der Waals surface area contributed by atoms with E-state index in [1.165, 1.54) is 0 Å². The second kappa shape index (κ2) is 9.30. The van der Waals surface area contributed by atoms with Crippen molar-refractivity contribution in [1.82, 2.24) is 20.2 Å². The second-order valence-electron chi connectivity index (χ2n) is 7.54. The zero-order chi connectivity index (χ0) is 23.3. The molecule has 7 heteroatoms. The summed E-state index contributed by atoms with van der Waals surface area (Å²) >= 11 is 0. The van der Waals surface area contributed by atoms with Crippen molar-refractivity contribution in [2.24, 2.45) is 0 Å². The Morgan fingerprint density at radius 3 is 2.41 bits per heavy atom. The normalized spacial score (nSPS) is 11.1. The van der Waals surface area contributed by atoms with Crippen LogP contribution in [0, 0.1) is 0 Å². The van der Waals surface area contributed by atoms with Crippen molar-refractivity contribution in [3.8, 4) is 0 Å². The third-order valence-electron chi connectivity index (χ3n) is 5.23. The number of carbonyl (C=O) groups is 2. The number of ketones is 1. The van der Waals surface area contributed by atoms with Gasteiger partial charge in [0.2, 0.25) is 0 Å². The van der Waals surface area contributed by atoms with Gasteiger partial charge in [0.25, 0.3) is 5.91 Å². The quantitative estimate of drug-likeness (QED) is 0.358. The number of amides is 1. The van der Waals surface area contributed by atoms with Crippen LogP contribution in [0.1, 0.15) is 37.8 Å². The van der Waals surface area contributed by atoms with Gasteiger partial charge in [-0.15, -0.1) is 0 Å². The highest BCUT2D eigenvalue weighted by Crippen LogP contribution is 2.22. The number of fused-ring (bicyclic) bond motifs is 1. The standard InChI is InChI=1S/C27H19N5O2/c33-26(18-6-5-8-21(16-18)30-27(34)24-9-2-4-15-29-24)19-10-12-22-23(31-32-25(22)17-19)13-11-20-7-1-3-14-28-20/h1-17H,(H,30,34)(H,31,32)/b13-11+. The van der Waals surface area contributed by atoms with Crippen molar-refractivity contribution in [2.75, 3.05) is 5.32 Å². The minimum atomic E-state index is -0.338. The molecule has 0 unspecified atom stereocenters. The summed E-state index contributed by atoms with van der Waals surface area (Å²) < 4.78 is 0. The van der Waals surface area contributed by atoms with Crippen molar-refractivity contribution in [3.63, 3.8) is 0 Å². The van der Waals surface area contributed by atoms with Gasteiger partial charge < -0.3 is 5.32 Å². The van der Waals surface area contributed by atoms with Crippen LogP contribution in [0.25, 0.3) is 23.1 Å². The molecule has 0 saturated carbocycles. The van der Waals surface area contributed by atoms with Gasteiger partial charge in [-0.2, -0.15) is 5.10 Å². The Morgan fingerprint density at radius 1 is 0.794 bits per heavy atom. The molecular formula is C27H19N5O2. The summed E-state index contributed by atoms with van der Waals surface area (Å²) in [7, 11) is 0. The Kier molecular flexibility index (Phi) is 5.73. The molecule has 0 radical (unpaired) electrons. The van der Waals surface area contributed by atoms with Gasteiger partial charge in [0.05, 0.1) is 16.9 Å². The highest BCUT2D eigenvalue weighted by molar-refractivity contribution is 6.11. The fraction of sp³-hybridized carbons (Fsp3) is 0. The first-order valence-corrected chi connectivity index (χ1v) is 10.6. The van der Waals surface area contributed by atoms with E-state index in [-0.39, 0.29) is 11.7 Å². The number of hydrogen-bond donors (Lipinski definition) is 2. The van der Waals surface area contributed by atoms with Crippen LogP contribution >= 0.6 is 0 Å². The smallest absolute Gasteiger partial charge is 0.274 e. The highest BCUT2D eigenvalue weighted by atomic mass is 16.2. The monoisotopic (exact) mass is 445 g/mol. The van der Waals surface area contributed by atoms with Crippen LogP contribution in [0.5, 0.6) is 0 Å². The van der Waals surface area contributed by atoms with Gasteiger partial charge >= 0.3 is 0 Å². The molecule has 0 bridgehead atoms. The first-order chi connectivity index (χ1) is 16.7. The molecule has 2 N–H and O–H groups in total. The summed E-state index contributed by atoms with van der Waals surface area (Å²) in [4.78, 5) is 33.8. The number of rotatable bonds is 6. The summed E-state index contributed by atoms with van der Waals surface area (Å²) in [5.74, 6) is -0.494. The molecule has 5 rings (SSSR count). The zero-order valence-corrected chi connectivity index (χ0v) is 18.0. The van der Waals surface area contributed by atoms with Crippen molar-refractivity contribution in [2.45, 2.75) is 0 Å². The van der Waals surface area contributed by atoms with Crippen LogP contribution in [0.4, 0.5) is 5.69 Å². The molecule has 2 aromatic carbocycles. The Hall–Kier alpha value is -4.91. The molecule has 0 aliphatic carbocycles. The fourth-order valence-electron chi connectivity index (χ4n) is 3.55. The van der Waals surface area contributed by atoms with Crippen molar-refractivity contribution in [1.29, 1.82) is 0 Å². The third kappa shape index (κ3) is 4.49. The van der Waals surface area contributed by atoms with E-state index >= 15 is 0 Å². The Labute approximate surface area is 195 Å². The first-order valence-electron chi connectivity index (χ1n) is 10.6. The molecule has 3 heterocycles. The number of aromatic amines is 1. The first kappa shape index (κ1) is 21.0. The van der Waals surface area contributed by atoms with Crippen LogP contribution in [0.15, 0.2) is 91.3 Å². The van der Waals surface area contributed by atoms with E-state index < -0.39 is 0 Å². The molecule has 7 nitrogen and oxygen atoms in total. The molecule has 5 aromatic rings. The largest absolute Gasteiger partial charge is 0.321 e. The number of nitrogens with zero attached hydrogens (tertiary/aromatic N) is 3. The molecule has 0 saturated heterocycles. The summed E-state index contributed by atoms with van der Waals surface area (Å²) in [5, 5.41) is 11.0. The van der Waals surface area contributed by atoms with Crippen LogP contribution in [0.2, 0.25) is 0 Å². The number of benzene rings is 2. The SMILES string of the molecule is O=C(c1cccc(NC(=O)c2ccccn2)c1)c1ccc2c(/C=C/c3ccccn3)n[nH]c2c1. The van der Waals surface area contributed by atoms with Gasteiger partial charge in [-0.1, -0.05) is 30.3 Å². The third-order valence-corrected chi connectivity index (χ3v) is 5.23. The number of nitrogens with one attached hydrogen (secondary N) is 2. The zero-order valence-electron chi connectivity index (χ0n) is 18.0. The lowest BCUT2D eigenvalue weighted by atomic mass is 10.0. The predicted octanol–water partition coefficient (Wildman–Crippen LogP) is 5.01. The Morgan fingerprint density at radius 2 is 1.62 bits per heavy atom. The molecule has 0 aliphatic heterocycles. The lowest BCUT2D eigenvalue weighted by Gasteiger charge is -2.07. The summed E-state index contributed by atoms with van der Waals surface area (Å²) in [5.41, 5.74) is 4.16. The van der Waals surface area contributed by atoms with E-state index in [0.29, 0.717) is 22.5 Å². The van der Waals surface area contributed by atoms with Gasteiger partial charge in [-0.3, -0.25) is 24.7 Å². The van der Waals surface area contributed by atoms with Gasteiger partial charge in [-0.05, 0) is 60.7 Å². The van der Waals surface area contributed by atoms with E-state index in [1.54, 1.807) is 67.0 Å². The highest BCUT2D eigenvalue weighted by Gasteiger charge is 2.13. The van der Waals surface area contributed by atoms with Crippen LogP contribution in [-0.4, -0.2) is 31.9 Å². The maximum atomic E-state index is 13.1. The maximum absolute atomic E-state index is 13.1. The number of anilines is 1. The molecule has 0 fully saturated rings. The lowest BCUT2D eigenvalue weighted by molar-refractivity contribution is 0.101. The number of H-pyrrole nitrogens is 1. The fourth-order valence-corrected chi connectivity index (χ4v) is 3.55. The molecule has 0 atom stereocenters. The number of hydrogen-bond acceptors (Lipinski definition) is 5. The van der Waals surface area contributed by atoms with Crippen LogP contribution in [0.3, 0.4) is 0 Å². The Balaban J connectivity index is 1.36. The average molecular weight is 445 g/mol. The van der Waals surface area contributed by atoms with Gasteiger partial charge in [0.1, 0.15) is 5.69 Å². The Bertz CT molecular complexity index is 1510. The van der Waals surface area contributed by atoms with Crippen LogP contribution in [-0.2, 0) is 0 Å². The summed E-state index contributed by atoms with van der Waals surface area (Å²) in [6, 6.07) is 23.1. The van der Waals surface area contributed by atoms with E-state index in [9.17, 15) is 9.59 Å². The van der Waals surface area contributed by atoms with E-state index in [1.807, 2.05) is 36.4 Å². The number of carbonyl (C=O) groups excluding carboxylic acids is 2. The summed E-state index contributed by atoms with van der Waals surface area (Å²) in [6.07, 6.45) is 7.06. The minimum Gasteiger partial charge on any atom is -0.321 e. The van der Waals surface area contributed by atoms with Crippen molar-refractivity contribution < 1.29 is 9.59 Å². The van der Waals surface area contributed by atoms with Gasteiger partial charge in [0, 0.05) is 34.6 Å². The molecular weight excluding hydrogens is 426 g/mol. The lowest BCUT2D eigenvalue weighted by Crippen LogP contribution is -2.13. The van der Waals surface area contributed by atoms with E-state index in [4.69, 9.17) is 0 Å². The minimum absolute atomic E-state index is 0.156. The molecule has 0 aliphatic rings. The summed E-state index contributed by atoms with van der Waals surface area (Å²) in [6.45, 7) is 0. The van der Waals surface area contributed by atoms with Crippen molar-refractivity contribution >= 4 is 40.4 Å². The molecule has 0 spiro atoms. The number of aromatic nitrogens is 4. The molecule has 3 aromatic heterocycles. The molecule has 164 valence electrons. The average Bonchev–Trinajstić information content (AvgIpc) is 3.30. The van der Waals surface area contributed by atoms with Gasteiger partial charge in [0.15, 0.2) is 5.78 Å². The predicted molar refractivity (Wildman–Crippen MR) is 131 cm³/mol.